The molecule has 0 aromatic carbocycles. The molecule has 0 aliphatic carbocycles. The average molecular weight is 193 g/mol. The van der Waals surface area contributed by atoms with Gasteiger partial charge in [-0.3, -0.25) is 4.68 Å². The van der Waals surface area contributed by atoms with Crippen molar-refractivity contribution in [2.45, 2.75) is 38.8 Å². The Bertz CT molecular complexity index is 248. The lowest BCUT2D eigenvalue weighted by Crippen LogP contribution is -2.41. The van der Waals surface area contributed by atoms with E-state index >= 15 is 0 Å². The molecule has 1 saturated heterocycles. The minimum Gasteiger partial charge on any atom is -0.312 e. The van der Waals surface area contributed by atoms with E-state index in [0.717, 1.165) is 12.5 Å². The predicted molar refractivity (Wildman–Crippen MR) is 57.0 cm³/mol. The van der Waals surface area contributed by atoms with Crippen LogP contribution >= 0.6 is 0 Å². The third-order valence-corrected chi connectivity index (χ3v) is 3.16. The molecule has 78 valence electrons. The summed E-state index contributed by atoms with van der Waals surface area (Å²) in [6.07, 6.45) is 7.85. The van der Waals surface area contributed by atoms with Crippen LogP contribution in [0, 0.1) is 5.92 Å². The highest BCUT2D eigenvalue weighted by Crippen LogP contribution is 2.17. The van der Waals surface area contributed by atoms with Gasteiger partial charge >= 0.3 is 0 Å². The maximum absolute atomic E-state index is 4.23. The zero-order chi connectivity index (χ0) is 9.80. The summed E-state index contributed by atoms with van der Waals surface area (Å²) in [6, 6.07) is 2.61. The fourth-order valence-corrected chi connectivity index (χ4v) is 2.11. The van der Waals surface area contributed by atoms with Crippen molar-refractivity contribution < 1.29 is 0 Å². The third-order valence-electron chi connectivity index (χ3n) is 3.16. The molecule has 2 atom stereocenters. The summed E-state index contributed by atoms with van der Waals surface area (Å²) in [6.45, 7) is 4.48. The molecule has 0 spiro atoms. The van der Waals surface area contributed by atoms with Crippen LogP contribution in [-0.4, -0.2) is 22.4 Å². The van der Waals surface area contributed by atoms with Gasteiger partial charge in [0.25, 0.3) is 0 Å². The van der Waals surface area contributed by atoms with E-state index < -0.39 is 0 Å². The molecule has 0 saturated carbocycles. The van der Waals surface area contributed by atoms with Crippen molar-refractivity contribution in [3.8, 4) is 0 Å². The monoisotopic (exact) mass is 193 g/mol. The predicted octanol–water partition coefficient (Wildman–Crippen LogP) is 1.66. The van der Waals surface area contributed by atoms with E-state index in [1.807, 2.05) is 23.1 Å². The fourth-order valence-electron chi connectivity index (χ4n) is 2.11. The molecule has 3 nitrogen and oxygen atoms in total. The first-order valence-electron chi connectivity index (χ1n) is 5.59. The average Bonchev–Trinajstić information content (AvgIpc) is 2.72. The molecule has 0 radical (unpaired) electrons. The number of aromatic nitrogens is 2. The molecule has 2 rings (SSSR count). The Labute approximate surface area is 85.5 Å². The molecule has 1 aliphatic rings. The smallest absolute Gasteiger partial charge is 0.0562 e. The normalized spacial score (nSPS) is 27.8. The van der Waals surface area contributed by atoms with Gasteiger partial charge in [-0.05, 0) is 31.4 Å². The highest BCUT2D eigenvalue weighted by atomic mass is 15.3. The van der Waals surface area contributed by atoms with Gasteiger partial charge in [-0.2, -0.15) is 5.10 Å². The second kappa shape index (κ2) is 4.60. The second-order valence-corrected chi connectivity index (χ2v) is 4.18. The summed E-state index contributed by atoms with van der Waals surface area (Å²) in [5.41, 5.74) is 0. The lowest BCUT2D eigenvalue weighted by atomic mass is 9.93. The van der Waals surface area contributed by atoms with Gasteiger partial charge in [-0.15, -0.1) is 0 Å². The van der Waals surface area contributed by atoms with Crippen LogP contribution in [0.1, 0.15) is 26.2 Å². The topological polar surface area (TPSA) is 29.9 Å². The Morgan fingerprint density at radius 2 is 2.43 bits per heavy atom. The maximum Gasteiger partial charge on any atom is 0.0562 e. The van der Waals surface area contributed by atoms with E-state index in [1.165, 1.54) is 25.8 Å². The zero-order valence-electron chi connectivity index (χ0n) is 8.82. The summed E-state index contributed by atoms with van der Waals surface area (Å²) in [5, 5.41) is 7.82. The van der Waals surface area contributed by atoms with Crippen LogP contribution in [0.15, 0.2) is 18.5 Å². The Kier molecular flexibility index (Phi) is 3.19. The molecule has 2 heterocycles. The Hall–Kier alpha value is -0.830. The van der Waals surface area contributed by atoms with E-state index in [-0.39, 0.29) is 0 Å². The minimum absolute atomic E-state index is 0.623. The van der Waals surface area contributed by atoms with Gasteiger partial charge in [0.2, 0.25) is 0 Å². The SMILES string of the molecule is CCC1CCC(Cn2cccn2)NC1. The summed E-state index contributed by atoms with van der Waals surface area (Å²) in [7, 11) is 0. The highest BCUT2D eigenvalue weighted by Gasteiger charge is 2.19. The van der Waals surface area contributed by atoms with Crippen LogP contribution in [0.3, 0.4) is 0 Å². The van der Waals surface area contributed by atoms with Crippen molar-refractivity contribution in [2.75, 3.05) is 6.54 Å². The van der Waals surface area contributed by atoms with Crippen molar-refractivity contribution in [1.29, 1.82) is 0 Å². The van der Waals surface area contributed by atoms with Gasteiger partial charge in [-0.25, -0.2) is 0 Å². The number of rotatable bonds is 3. The van der Waals surface area contributed by atoms with Gasteiger partial charge in [0, 0.05) is 18.4 Å². The van der Waals surface area contributed by atoms with E-state index in [2.05, 4.69) is 17.3 Å². The number of nitrogens with one attached hydrogen (secondary N) is 1. The molecule has 3 heteroatoms. The van der Waals surface area contributed by atoms with Gasteiger partial charge in [-0.1, -0.05) is 13.3 Å². The van der Waals surface area contributed by atoms with Crippen LogP contribution in [0.2, 0.25) is 0 Å². The largest absolute Gasteiger partial charge is 0.312 e. The first-order chi connectivity index (χ1) is 6.88. The summed E-state index contributed by atoms with van der Waals surface area (Å²) in [5.74, 6) is 0.892. The Balaban J connectivity index is 1.79. The molecule has 0 bridgehead atoms. The molecule has 14 heavy (non-hydrogen) atoms. The third kappa shape index (κ3) is 2.35. The van der Waals surface area contributed by atoms with Gasteiger partial charge in [0.15, 0.2) is 0 Å². The molecule has 1 aliphatic heterocycles. The number of hydrogen-bond acceptors (Lipinski definition) is 2. The van der Waals surface area contributed by atoms with Gasteiger partial charge in [0.05, 0.1) is 6.54 Å². The summed E-state index contributed by atoms with van der Waals surface area (Å²) < 4.78 is 2.02. The van der Waals surface area contributed by atoms with Crippen molar-refractivity contribution in [2.24, 2.45) is 5.92 Å². The van der Waals surface area contributed by atoms with Crippen LogP contribution < -0.4 is 5.32 Å². The molecule has 1 aromatic rings. The molecule has 0 amide bonds. The molecular weight excluding hydrogens is 174 g/mol. The lowest BCUT2D eigenvalue weighted by molar-refractivity contribution is 0.278. The van der Waals surface area contributed by atoms with Crippen molar-refractivity contribution in [3.05, 3.63) is 18.5 Å². The van der Waals surface area contributed by atoms with E-state index in [0.29, 0.717) is 6.04 Å². The quantitative estimate of drug-likeness (QED) is 0.791. The van der Waals surface area contributed by atoms with Crippen LogP contribution in [-0.2, 0) is 6.54 Å². The highest BCUT2D eigenvalue weighted by molar-refractivity contribution is 4.82. The number of nitrogens with zero attached hydrogens (tertiary/aromatic N) is 2. The lowest BCUT2D eigenvalue weighted by Gasteiger charge is -2.29. The van der Waals surface area contributed by atoms with Crippen molar-refractivity contribution in [3.63, 3.8) is 0 Å². The molecule has 1 aromatic heterocycles. The van der Waals surface area contributed by atoms with E-state index in [1.54, 1.807) is 0 Å². The Morgan fingerprint density at radius 1 is 1.50 bits per heavy atom. The molecule has 1 N–H and O–H groups in total. The molecule has 2 unspecified atom stereocenters. The van der Waals surface area contributed by atoms with Crippen LogP contribution in [0.4, 0.5) is 0 Å². The number of hydrogen-bond donors (Lipinski definition) is 1. The van der Waals surface area contributed by atoms with Gasteiger partial charge in [0.1, 0.15) is 0 Å². The summed E-state index contributed by atoms with van der Waals surface area (Å²) >= 11 is 0. The first-order valence-corrected chi connectivity index (χ1v) is 5.59. The van der Waals surface area contributed by atoms with E-state index in [9.17, 15) is 0 Å². The maximum atomic E-state index is 4.23. The zero-order valence-corrected chi connectivity index (χ0v) is 8.82. The van der Waals surface area contributed by atoms with Crippen molar-refractivity contribution in [1.82, 2.24) is 15.1 Å². The van der Waals surface area contributed by atoms with Crippen molar-refractivity contribution >= 4 is 0 Å². The standard InChI is InChI=1S/C11H19N3/c1-2-10-4-5-11(12-8-10)9-14-7-3-6-13-14/h3,6-7,10-12H,2,4-5,8-9H2,1H3. The summed E-state index contributed by atoms with van der Waals surface area (Å²) in [4.78, 5) is 0. The van der Waals surface area contributed by atoms with Gasteiger partial charge < -0.3 is 5.32 Å². The minimum atomic E-state index is 0.623. The van der Waals surface area contributed by atoms with E-state index in [4.69, 9.17) is 0 Å². The number of piperidine rings is 1. The molecule has 1 fully saturated rings. The van der Waals surface area contributed by atoms with Crippen LogP contribution in [0.25, 0.3) is 0 Å². The second-order valence-electron chi connectivity index (χ2n) is 4.18. The van der Waals surface area contributed by atoms with Crippen LogP contribution in [0.5, 0.6) is 0 Å². The first kappa shape index (κ1) is 9.71. The fraction of sp³-hybridized carbons (Fsp3) is 0.727. The molecular formula is C11H19N3. The Morgan fingerprint density at radius 3 is 3.00 bits per heavy atom.